The van der Waals surface area contributed by atoms with Crippen molar-refractivity contribution in [2.24, 2.45) is 5.92 Å². The Morgan fingerprint density at radius 3 is 2.73 bits per heavy atom. The molecule has 0 radical (unpaired) electrons. The summed E-state index contributed by atoms with van der Waals surface area (Å²) in [6.45, 7) is 5.55. The van der Waals surface area contributed by atoms with E-state index in [9.17, 15) is 9.59 Å². The van der Waals surface area contributed by atoms with E-state index in [0.29, 0.717) is 5.69 Å². The molecule has 1 amide bonds. The predicted octanol–water partition coefficient (Wildman–Crippen LogP) is 1.88. The zero-order valence-corrected chi connectivity index (χ0v) is 13.0. The Kier molecular flexibility index (Phi) is 4.49. The summed E-state index contributed by atoms with van der Waals surface area (Å²) in [5, 5.41) is 11.9. The van der Waals surface area contributed by atoms with Gasteiger partial charge in [0.15, 0.2) is 0 Å². The van der Waals surface area contributed by atoms with E-state index in [2.05, 4.69) is 10.3 Å². The Bertz CT molecular complexity index is 660. The Labute approximate surface area is 129 Å². The highest BCUT2D eigenvalue weighted by molar-refractivity contribution is 5.80. The summed E-state index contributed by atoms with van der Waals surface area (Å²) in [7, 11) is 0. The van der Waals surface area contributed by atoms with Crippen molar-refractivity contribution in [3.8, 4) is 0 Å². The molecule has 0 aliphatic rings. The number of carbonyl (C=O) groups is 2. The van der Waals surface area contributed by atoms with Gasteiger partial charge in [-0.05, 0) is 25.0 Å². The standard InChI is InChI=1S/C16H21N3O3/c1-11(2)16(3,9-15(21)22)18-14(20)8-12-10-19-7-5-4-6-13(19)17-12/h4-7,10-11H,8-9H2,1-3H3,(H,18,20)(H,21,22). The zero-order chi connectivity index (χ0) is 16.3. The van der Waals surface area contributed by atoms with Crippen LogP contribution in [0.3, 0.4) is 0 Å². The fourth-order valence-electron chi connectivity index (χ4n) is 2.31. The summed E-state index contributed by atoms with van der Waals surface area (Å²) in [6, 6.07) is 5.64. The van der Waals surface area contributed by atoms with Crippen LogP contribution in [0.15, 0.2) is 30.6 Å². The predicted molar refractivity (Wildman–Crippen MR) is 82.5 cm³/mol. The molecular weight excluding hydrogens is 282 g/mol. The molecule has 0 aromatic carbocycles. The molecule has 6 heteroatoms. The average molecular weight is 303 g/mol. The van der Waals surface area contributed by atoms with Crippen LogP contribution in [-0.4, -0.2) is 31.9 Å². The molecule has 1 unspecified atom stereocenters. The minimum atomic E-state index is -0.927. The Balaban J connectivity index is 2.09. The van der Waals surface area contributed by atoms with Crippen LogP contribution in [-0.2, 0) is 16.0 Å². The van der Waals surface area contributed by atoms with E-state index in [0.717, 1.165) is 5.65 Å². The second-order valence-corrected chi connectivity index (χ2v) is 6.07. The first-order valence-corrected chi connectivity index (χ1v) is 7.25. The lowest BCUT2D eigenvalue weighted by atomic mass is 9.85. The number of aromatic nitrogens is 2. The maximum Gasteiger partial charge on any atom is 0.305 e. The van der Waals surface area contributed by atoms with E-state index in [-0.39, 0.29) is 24.7 Å². The molecule has 0 bridgehead atoms. The number of nitrogens with zero attached hydrogens (tertiary/aromatic N) is 2. The van der Waals surface area contributed by atoms with Gasteiger partial charge < -0.3 is 14.8 Å². The van der Waals surface area contributed by atoms with E-state index < -0.39 is 11.5 Å². The van der Waals surface area contributed by atoms with E-state index >= 15 is 0 Å². The summed E-state index contributed by atoms with van der Waals surface area (Å²) in [5.41, 5.74) is 0.662. The van der Waals surface area contributed by atoms with Crippen LogP contribution in [0.5, 0.6) is 0 Å². The van der Waals surface area contributed by atoms with Crippen LogP contribution in [0.25, 0.3) is 5.65 Å². The quantitative estimate of drug-likeness (QED) is 0.853. The van der Waals surface area contributed by atoms with Crippen molar-refractivity contribution in [1.82, 2.24) is 14.7 Å². The number of hydrogen-bond acceptors (Lipinski definition) is 3. The van der Waals surface area contributed by atoms with Crippen molar-refractivity contribution >= 4 is 17.5 Å². The second kappa shape index (κ2) is 6.17. The molecule has 2 N–H and O–H groups in total. The number of nitrogens with one attached hydrogen (secondary N) is 1. The molecule has 0 fully saturated rings. The molecule has 2 heterocycles. The molecule has 2 rings (SSSR count). The van der Waals surface area contributed by atoms with Gasteiger partial charge >= 0.3 is 5.97 Å². The fourth-order valence-corrected chi connectivity index (χ4v) is 2.31. The van der Waals surface area contributed by atoms with Crippen LogP contribution < -0.4 is 5.32 Å². The monoisotopic (exact) mass is 303 g/mol. The maximum atomic E-state index is 12.2. The van der Waals surface area contributed by atoms with Crippen LogP contribution in [0.4, 0.5) is 0 Å². The van der Waals surface area contributed by atoms with Gasteiger partial charge in [-0.1, -0.05) is 19.9 Å². The van der Waals surface area contributed by atoms with Crippen molar-refractivity contribution < 1.29 is 14.7 Å². The minimum Gasteiger partial charge on any atom is -0.481 e. The molecule has 0 saturated carbocycles. The van der Waals surface area contributed by atoms with Crippen molar-refractivity contribution in [2.75, 3.05) is 0 Å². The lowest BCUT2D eigenvalue weighted by Crippen LogP contribution is -2.51. The van der Waals surface area contributed by atoms with Gasteiger partial charge in [-0.15, -0.1) is 0 Å². The van der Waals surface area contributed by atoms with Crippen LogP contribution in [0.2, 0.25) is 0 Å². The number of carboxylic acids is 1. The molecule has 2 aromatic heterocycles. The van der Waals surface area contributed by atoms with Gasteiger partial charge in [0.2, 0.25) is 5.91 Å². The van der Waals surface area contributed by atoms with Gasteiger partial charge in [-0.2, -0.15) is 0 Å². The van der Waals surface area contributed by atoms with Gasteiger partial charge in [0.05, 0.1) is 18.5 Å². The molecule has 0 aliphatic heterocycles. The largest absolute Gasteiger partial charge is 0.481 e. The number of carbonyl (C=O) groups excluding carboxylic acids is 1. The topological polar surface area (TPSA) is 83.7 Å². The third-order valence-electron chi connectivity index (χ3n) is 3.97. The van der Waals surface area contributed by atoms with E-state index in [1.165, 1.54) is 0 Å². The molecule has 0 aliphatic carbocycles. The molecule has 1 atom stereocenters. The number of fused-ring (bicyclic) bond motifs is 1. The van der Waals surface area contributed by atoms with E-state index in [4.69, 9.17) is 5.11 Å². The molecule has 2 aromatic rings. The van der Waals surface area contributed by atoms with Gasteiger partial charge in [0.1, 0.15) is 5.65 Å². The molecule has 0 spiro atoms. The van der Waals surface area contributed by atoms with Crippen LogP contribution in [0, 0.1) is 5.92 Å². The molecule has 118 valence electrons. The van der Waals surface area contributed by atoms with Crippen molar-refractivity contribution in [1.29, 1.82) is 0 Å². The molecule has 22 heavy (non-hydrogen) atoms. The molecule has 6 nitrogen and oxygen atoms in total. The smallest absolute Gasteiger partial charge is 0.305 e. The van der Waals surface area contributed by atoms with Crippen molar-refractivity contribution in [3.63, 3.8) is 0 Å². The summed E-state index contributed by atoms with van der Waals surface area (Å²) >= 11 is 0. The van der Waals surface area contributed by atoms with Gasteiger partial charge in [0.25, 0.3) is 0 Å². The number of carboxylic acid groups (broad SMARTS) is 1. The third kappa shape index (κ3) is 3.63. The highest BCUT2D eigenvalue weighted by Gasteiger charge is 2.32. The van der Waals surface area contributed by atoms with E-state index in [1.54, 1.807) is 13.1 Å². The number of rotatable bonds is 6. The first kappa shape index (κ1) is 16.0. The number of amides is 1. The van der Waals surface area contributed by atoms with Gasteiger partial charge in [-0.25, -0.2) is 4.98 Å². The second-order valence-electron chi connectivity index (χ2n) is 6.07. The first-order chi connectivity index (χ1) is 10.3. The van der Waals surface area contributed by atoms with Crippen molar-refractivity contribution in [3.05, 3.63) is 36.3 Å². The first-order valence-electron chi connectivity index (χ1n) is 7.25. The summed E-state index contributed by atoms with van der Waals surface area (Å²) < 4.78 is 1.85. The van der Waals surface area contributed by atoms with E-state index in [1.807, 2.05) is 42.6 Å². The number of pyridine rings is 1. The lowest BCUT2D eigenvalue weighted by molar-refractivity contribution is -0.139. The number of hydrogen-bond donors (Lipinski definition) is 2. The Morgan fingerprint density at radius 1 is 1.41 bits per heavy atom. The fraction of sp³-hybridized carbons (Fsp3) is 0.438. The SMILES string of the molecule is CC(C)C(C)(CC(=O)O)NC(=O)Cc1cn2ccccc2n1. The highest BCUT2D eigenvalue weighted by Crippen LogP contribution is 2.21. The maximum absolute atomic E-state index is 12.2. The minimum absolute atomic E-state index is 0.00798. The Hall–Kier alpha value is -2.37. The van der Waals surface area contributed by atoms with Gasteiger partial charge in [-0.3, -0.25) is 9.59 Å². The summed E-state index contributed by atoms with van der Waals surface area (Å²) in [4.78, 5) is 27.6. The summed E-state index contributed by atoms with van der Waals surface area (Å²) in [6.07, 6.45) is 3.69. The number of aliphatic carboxylic acids is 1. The van der Waals surface area contributed by atoms with Crippen LogP contribution in [0.1, 0.15) is 32.9 Å². The van der Waals surface area contributed by atoms with Crippen LogP contribution >= 0.6 is 0 Å². The normalized spacial score (nSPS) is 14.0. The zero-order valence-electron chi connectivity index (χ0n) is 13.0. The number of imidazole rings is 1. The summed E-state index contributed by atoms with van der Waals surface area (Å²) in [5.74, 6) is -1.14. The van der Waals surface area contributed by atoms with Gasteiger partial charge in [0, 0.05) is 17.9 Å². The third-order valence-corrected chi connectivity index (χ3v) is 3.97. The Morgan fingerprint density at radius 2 is 2.14 bits per heavy atom. The lowest BCUT2D eigenvalue weighted by Gasteiger charge is -2.33. The average Bonchev–Trinajstić information content (AvgIpc) is 2.78. The molecule has 0 saturated heterocycles. The highest BCUT2D eigenvalue weighted by atomic mass is 16.4. The molecular formula is C16H21N3O3. The van der Waals surface area contributed by atoms with Crippen molar-refractivity contribution in [2.45, 2.75) is 39.2 Å².